The molecule has 0 amide bonds. The Morgan fingerprint density at radius 3 is 2.19 bits per heavy atom. The molecule has 0 saturated carbocycles. The third-order valence-corrected chi connectivity index (χ3v) is 2.54. The van der Waals surface area contributed by atoms with E-state index in [0.717, 1.165) is 5.69 Å². The van der Waals surface area contributed by atoms with E-state index in [1.807, 2.05) is 18.2 Å². The highest BCUT2D eigenvalue weighted by Crippen LogP contribution is 2.29. The summed E-state index contributed by atoms with van der Waals surface area (Å²) in [5.74, 6) is 0. The van der Waals surface area contributed by atoms with Crippen molar-refractivity contribution in [2.45, 2.75) is 32.2 Å². The monoisotopic (exact) mass is 223 g/mol. The average Bonchev–Trinajstić information content (AvgIpc) is 2.25. The van der Waals surface area contributed by atoms with E-state index in [-0.39, 0.29) is 24.7 Å². The number of nitrogens with one attached hydrogen (secondary N) is 1. The van der Waals surface area contributed by atoms with Gasteiger partial charge in [0.25, 0.3) is 0 Å². The largest absolute Gasteiger partial charge is 0.394 e. The van der Waals surface area contributed by atoms with Crippen molar-refractivity contribution in [1.82, 2.24) is 0 Å². The topological polar surface area (TPSA) is 52.5 Å². The van der Waals surface area contributed by atoms with E-state index in [2.05, 4.69) is 32.2 Å². The summed E-state index contributed by atoms with van der Waals surface area (Å²) in [4.78, 5) is 0. The summed E-state index contributed by atoms with van der Waals surface area (Å²) >= 11 is 0. The van der Waals surface area contributed by atoms with Crippen molar-refractivity contribution in [2.75, 3.05) is 18.5 Å². The summed E-state index contributed by atoms with van der Waals surface area (Å²) in [6.45, 7) is 6.27. The van der Waals surface area contributed by atoms with Crippen LogP contribution in [0.25, 0.3) is 0 Å². The maximum atomic E-state index is 9.06. The van der Waals surface area contributed by atoms with Crippen LogP contribution in [0, 0.1) is 0 Å². The van der Waals surface area contributed by atoms with Gasteiger partial charge in [0.15, 0.2) is 0 Å². The van der Waals surface area contributed by atoms with Gasteiger partial charge in [0.1, 0.15) is 0 Å². The number of hydrogen-bond donors (Lipinski definition) is 3. The van der Waals surface area contributed by atoms with E-state index >= 15 is 0 Å². The van der Waals surface area contributed by atoms with Crippen molar-refractivity contribution >= 4 is 5.69 Å². The second kappa shape index (κ2) is 5.32. The molecule has 3 N–H and O–H groups in total. The first-order valence-electron chi connectivity index (χ1n) is 5.56. The maximum Gasteiger partial charge on any atom is 0.0723 e. The second-order valence-corrected chi connectivity index (χ2v) is 5.00. The molecule has 0 unspecified atom stereocenters. The third-order valence-electron chi connectivity index (χ3n) is 2.54. The van der Waals surface area contributed by atoms with Crippen molar-refractivity contribution < 1.29 is 10.2 Å². The van der Waals surface area contributed by atoms with Crippen LogP contribution in [0.3, 0.4) is 0 Å². The fourth-order valence-electron chi connectivity index (χ4n) is 1.63. The van der Waals surface area contributed by atoms with Crippen molar-refractivity contribution in [3.8, 4) is 0 Å². The van der Waals surface area contributed by atoms with E-state index in [4.69, 9.17) is 10.2 Å². The highest BCUT2D eigenvalue weighted by Gasteiger charge is 2.18. The summed E-state index contributed by atoms with van der Waals surface area (Å²) < 4.78 is 0. The zero-order valence-corrected chi connectivity index (χ0v) is 10.2. The first-order chi connectivity index (χ1) is 7.49. The SMILES string of the molecule is CC(C)(C)c1ccccc1NC(CO)CO. The molecule has 3 nitrogen and oxygen atoms in total. The van der Waals surface area contributed by atoms with Gasteiger partial charge in [0.05, 0.1) is 19.3 Å². The molecule has 1 aromatic carbocycles. The van der Waals surface area contributed by atoms with Gasteiger partial charge in [-0.05, 0) is 17.0 Å². The van der Waals surface area contributed by atoms with Gasteiger partial charge >= 0.3 is 0 Å². The molecule has 1 rings (SSSR count). The van der Waals surface area contributed by atoms with Crippen LogP contribution in [-0.4, -0.2) is 29.5 Å². The normalized spacial score (nSPS) is 11.9. The molecule has 0 aliphatic heterocycles. The number of aliphatic hydroxyl groups is 2. The third kappa shape index (κ3) is 3.22. The van der Waals surface area contributed by atoms with Gasteiger partial charge in [-0.3, -0.25) is 0 Å². The molecule has 0 aliphatic rings. The van der Waals surface area contributed by atoms with Gasteiger partial charge < -0.3 is 15.5 Å². The number of anilines is 1. The van der Waals surface area contributed by atoms with Crippen LogP contribution in [0.15, 0.2) is 24.3 Å². The predicted octanol–water partition coefficient (Wildman–Crippen LogP) is 1.75. The summed E-state index contributed by atoms with van der Waals surface area (Å²) in [7, 11) is 0. The summed E-state index contributed by atoms with van der Waals surface area (Å²) in [6.07, 6.45) is 0. The molecule has 0 radical (unpaired) electrons. The van der Waals surface area contributed by atoms with E-state index in [0.29, 0.717) is 0 Å². The molecule has 0 aromatic heterocycles. The van der Waals surface area contributed by atoms with E-state index in [9.17, 15) is 0 Å². The van der Waals surface area contributed by atoms with Gasteiger partial charge in [-0.25, -0.2) is 0 Å². The van der Waals surface area contributed by atoms with Crippen molar-refractivity contribution in [2.24, 2.45) is 0 Å². The predicted molar refractivity (Wildman–Crippen MR) is 66.7 cm³/mol. The molecule has 0 fully saturated rings. The van der Waals surface area contributed by atoms with Crippen LogP contribution in [-0.2, 0) is 5.41 Å². The van der Waals surface area contributed by atoms with Gasteiger partial charge in [0, 0.05) is 5.69 Å². The maximum absolute atomic E-state index is 9.06. The van der Waals surface area contributed by atoms with Crippen LogP contribution < -0.4 is 5.32 Å². The van der Waals surface area contributed by atoms with Crippen LogP contribution >= 0.6 is 0 Å². The van der Waals surface area contributed by atoms with Crippen LogP contribution in [0.2, 0.25) is 0 Å². The van der Waals surface area contributed by atoms with Crippen LogP contribution in [0.4, 0.5) is 5.69 Å². The highest BCUT2D eigenvalue weighted by atomic mass is 16.3. The summed E-state index contributed by atoms with van der Waals surface area (Å²) in [5, 5.41) is 21.3. The Bertz CT molecular complexity index is 327. The summed E-state index contributed by atoms with van der Waals surface area (Å²) in [6, 6.07) is 7.68. The molecule has 0 heterocycles. The van der Waals surface area contributed by atoms with Gasteiger partial charge in [-0.15, -0.1) is 0 Å². The minimum Gasteiger partial charge on any atom is -0.394 e. The first-order valence-corrected chi connectivity index (χ1v) is 5.56. The zero-order valence-electron chi connectivity index (χ0n) is 10.2. The number of hydrogen-bond acceptors (Lipinski definition) is 3. The van der Waals surface area contributed by atoms with Crippen molar-refractivity contribution in [3.05, 3.63) is 29.8 Å². The Morgan fingerprint density at radius 2 is 1.69 bits per heavy atom. The Kier molecular flexibility index (Phi) is 4.33. The average molecular weight is 223 g/mol. The quantitative estimate of drug-likeness (QED) is 0.729. The highest BCUT2D eigenvalue weighted by molar-refractivity contribution is 5.54. The van der Waals surface area contributed by atoms with Gasteiger partial charge in [-0.2, -0.15) is 0 Å². The van der Waals surface area contributed by atoms with Crippen molar-refractivity contribution in [1.29, 1.82) is 0 Å². The van der Waals surface area contributed by atoms with E-state index < -0.39 is 0 Å². The molecular formula is C13H21NO2. The smallest absolute Gasteiger partial charge is 0.0723 e. The number of aliphatic hydroxyl groups excluding tert-OH is 2. The van der Waals surface area contributed by atoms with E-state index in [1.54, 1.807) is 0 Å². The summed E-state index contributed by atoms with van der Waals surface area (Å²) in [5.41, 5.74) is 2.20. The molecular weight excluding hydrogens is 202 g/mol. The Labute approximate surface area is 97.1 Å². The lowest BCUT2D eigenvalue weighted by Crippen LogP contribution is -2.29. The molecule has 0 atom stereocenters. The number of rotatable bonds is 4. The first kappa shape index (κ1) is 13.0. The molecule has 0 spiro atoms. The van der Waals surface area contributed by atoms with Gasteiger partial charge in [0.2, 0.25) is 0 Å². The molecule has 16 heavy (non-hydrogen) atoms. The Hall–Kier alpha value is -1.06. The van der Waals surface area contributed by atoms with E-state index in [1.165, 1.54) is 5.56 Å². The lowest BCUT2D eigenvalue weighted by Gasteiger charge is -2.25. The lowest BCUT2D eigenvalue weighted by molar-refractivity contribution is 0.204. The molecule has 3 heteroatoms. The fourth-order valence-corrected chi connectivity index (χ4v) is 1.63. The molecule has 0 bridgehead atoms. The van der Waals surface area contributed by atoms with Crippen molar-refractivity contribution in [3.63, 3.8) is 0 Å². The molecule has 90 valence electrons. The number of benzene rings is 1. The molecule has 1 aromatic rings. The Morgan fingerprint density at radius 1 is 1.12 bits per heavy atom. The lowest BCUT2D eigenvalue weighted by atomic mass is 9.85. The van der Waals surface area contributed by atoms with Crippen LogP contribution in [0.5, 0.6) is 0 Å². The minimum absolute atomic E-state index is 0.0407. The van der Waals surface area contributed by atoms with Crippen LogP contribution in [0.1, 0.15) is 26.3 Å². The molecule has 0 saturated heterocycles. The fraction of sp³-hybridized carbons (Fsp3) is 0.538. The van der Waals surface area contributed by atoms with Gasteiger partial charge in [-0.1, -0.05) is 39.0 Å². The minimum atomic E-state index is -0.302. The second-order valence-electron chi connectivity index (χ2n) is 5.00. The standard InChI is InChI=1S/C13H21NO2/c1-13(2,3)11-6-4-5-7-12(11)14-10(8-15)9-16/h4-7,10,14-16H,8-9H2,1-3H3. The Balaban J connectivity index is 2.95. The molecule has 0 aliphatic carbocycles. The number of para-hydroxylation sites is 1. The zero-order chi connectivity index (χ0) is 12.2.